The molecule has 1 saturated heterocycles. The minimum atomic E-state index is -0.830. The molecule has 1 aliphatic heterocycles. The minimum Gasteiger partial charge on any atom is -0.445 e. The molecule has 1 amide bonds. The molecule has 2 aromatic rings. The van der Waals surface area contributed by atoms with Gasteiger partial charge in [0.05, 0.1) is 11.9 Å². The third-order valence-corrected chi connectivity index (χ3v) is 5.13. The van der Waals surface area contributed by atoms with Crippen LogP contribution in [0.4, 0.5) is 10.5 Å². The number of nitrogens with one attached hydrogen (secondary N) is 2. The quantitative estimate of drug-likeness (QED) is 0.610. The zero-order chi connectivity index (χ0) is 19.1. The lowest BCUT2D eigenvalue weighted by atomic mass is 9.93. The number of carbonyl (C=O) groups excluding carboxylic acids is 1. The van der Waals surface area contributed by atoms with E-state index in [4.69, 9.17) is 4.74 Å². The van der Waals surface area contributed by atoms with Crippen LogP contribution >= 0.6 is 12.4 Å². The molecular formula is C20H29ClN4O3. The number of benzene rings is 1. The molecule has 7 nitrogen and oxygen atoms in total. The van der Waals surface area contributed by atoms with Gasteiger partial charge in [-0.25, -0.2) is 4.79 Å². The molecule has 3 N–H and O–H groups in total. The Labute approximate surface area is 171 Å². The van der Waals surface area contributed by atoms with E-state index in [9.17, 15) is 9.90 Å². The highest BCUT2D eigenvalue weighted by Gasteiger charge is 2.21. The number of nitrogens with zero attached hydrogens (tertiary/aromatic N) is 2. The highest BCUT2D eigenvalue weighted by molar-refractivity contribution is 5.93. The highest BCUT2D eigenvalue weighted by Crippen LogP contribution is 2.30. The molecule has 1 unspecified atom stereocenters. The van der Waals surface area contributed by atoms with Crippen molar-refractivity contribution in [3.8, 4) is 0 Å². The molecule has 1 atom stereocenters. The lowest BCUT2D eigenvalue weighted by Gasteiger charge is -2.34. The van der Waals surface area contributed by atoms with Crippen molar-refractivity contribution in [3.63, 3.8) is 0 Å². The number of hydrogen-bond acceptors (Lipinski definition) is 6. The number of likely N-dealkylation sites (N-methyl/N-ethyl adjacent to an activating group) is 1. The Morgan fingerprint density at radius 2 is 2.07 bits per heavy atom. The monoisotopic (exact) mass is 408 g/mol. The first kappa shape index (κ1) is 22.2. The summed E-state index contributed by atoms with van der Waals surface area (Å²) < 4.78 is 4.92. The molecule has 0 spiro atoms. The molecule has 28 heavy (non-hydrogen) atoms. The molecule has 1 aliphatic rings. The Balaban J connectivity index is 0.00000280. The van der Waals surface area contributed by atoms with E-state index >= 15 is 0 Å². The molecule has 8 heteroatoms. The van der Waals surface area contributed by atoms with Crippen LogP contribution in [0.15, 0.2) is 36.7 Å². The average Bonchev–Trinajstić information content (AvgIpc) is 2.72. The van der Waals surface area contributed by atoms with Gasteiger partial charge in [0, 0.05) is 36.6 Å². The van der Waals surface area contributed by atoms with E-state index in [1.807, 2.05) is 18.5 Å². The maximum atomic E-state index is 11.6. The highest BCUT2D eigenvalue weighted by atomic mass is 35.5. The maximum absolute atomic E-state index is 11.6. The van der Waals surface area contributed by atoms with Crippen molar-refractivity contribution in [3.05, 3.63) is 36.7 Å². The summed E-state index contributed by atoms with van der Waals surface area (Å²) in [7, 11) is 1.60. The number of aliphatic hydroxyl groups excluding tert-OH is 1. The van der Waals surface area contributed by atoms with Gasteiger partial charge in [0.1, 0.15) is 12.8 Å². The average molecular weight is 409 g/mol. The predicted molar refractivity (Wildman–Crippen MR) is 113 cm³/mol. The van der Waals surface area contributed by atoms with E-state index < -0.39 is 12.3 Å². The minimum absolute atomic E-state index is 0. The number of piperidine rings is 1. The van der Waals surface area contributed by atoms with Gasteiger partial charge in [-0.3, -0.25) is 10.3 Å². The van der Waals surface area contributed by atoms with E-state index in [0.717, 1.165) is 32.4 Å². The normalized spacial score (nSPS) is 15.7. The van der Waals surface area contributed by atoms with Gasteiger partial charge >= 0.3 is 6.09 Å². The summed E-state index contributed by atoms with van der Waals surface area (Å²) in [5.41, 5.74) is 1.20. The number of halogens is 1. The third kappa shape index (κ3) is 5.95. The first-order chi connectivity index (χ1) is 13.2. The SMILES string of the molecule is CNC(O)COC(=O)NCCC1CCN(c2cncc3ccccc23)CC1.Cl. The zero-order valence-electron chi connectivity index (χ0n) is 16.1. The first-order valence-corrected chi connectivity index (χ1v) is 9.51. The van der Waals surface area contributed by atoms with Gasteiger partial charge in [-0.2, -0.15) is 0 Å². The lowest BCUT2D eigenvalue weighted by Crippen LogP contribution is -2.36. The van der Waals surface area contributed by atoms with E-state index in [-0.39, 0.29) is 19.0 Å². The van der Waals surface area contributed by atoms with Crippen LogP contribution < -0.4 is 15.5 Å². The van der Waals surface area contributed by atoms with Crippen LogP contribution in [0.2, 0.25) is 0 Å². The van der Waals surface area contributed by atoms with E-state index in [0.29, 0.717) is 12.5 Å². The largest absolute Gasteiger partial charge is 0.445 e. The molecule has 2 heterocycles. The maximum Gasteiger partial charge on any atom is 0.407 e. The Morgan fingerprint density at radius 1 is 1.32 bits per heavy atom. The number of ether oxygens (including phenoxy) is 1. The summed E-state index contributed by atoms with van der Waals surface area (Å²) in [5.74, 6) is 0.590. The molecule has 0 radical (unpaired) electrons. The molecule has 1 aromatic heterocycles. The van der Waals surface area contributed by atoms with Crippen molar-refractivity contribution >= 4 is 35.0 Å². The van der Waals surface area contributed by atoms with Crippen molar-refractivity contribution < 1.29 is 14.6 Å². The predicted octanol–water partition coefficient (Wildman–Crippen LogP) is 2.53. The van der Waals surface area contributed by atoms with Crippen LogP contribution in [0.3, 0.4) is 0 Å². The number of aliphatic hydroxyl groups is 1. The van der Waals surface area contributed by atoms with Crippen molar-refractivity contribution in [2.75, 3.05) is 38.2 Å². The second-order valence-corrected chi connectivity index (χ2v) is 6.93. The van der Waals surface area contributed by atoms with Crippen molar-refractivity contribution in [2.24, 2.45) is 5.92 Å². The van der Waals surface area contributed by atoms with Gasteiger partial charge in [0.2, 0.25) is 0 Å². The number of carbonyl (C=O) groups is 1. The fourth-order valence-electron chi connectivity index (χ4n) is 3.48. The fraction of sp³-hybridized carbons (Fsp3) is 0.500. The molecule has 3 rings (SSSR count). The van der Waals surface area contributed by atoms with Crippen LogP contribution in [0, 0.1) is 5.92 Å². The van der Waals surface area contributed by atoms with Gasteiger partial charge < -0.3 is 20.1 Å². The number of aromatic nitrogens is 1. The summed E-state index contributed by atoms with van der Waals surface area (Å²) in [6.45, 7) is 2.53. The lowest BCUT2D eigenvalue weighted by molar-refractivity contribution is 0.0534. The van der Waals surface area contributed by atoms with Crippen LogP contribution in [-0.2, 0) is 4.74 Å². The van der Waals surface area contributed by atoms with Gasteiger partial charge in [-0.15, -0.1) is 12.4 Å². The zero-order valence-corrected chi connectivity index (χ0v) is 17.0. The summed E-state index contributed by atoms with van der Waals surface area (Å²) in [6, 6.07) is 8.36. The Hall–Kier alpha value is -2.09. The van der Waals surface area contributed by atoms with Crippen LogP contribution in [0.1, 0.15) is 19.3 Å². The second-order valence-electron chi connectivity index (χ2n) is 6.93. The first-order valence-electron chi connectivity index (χ1n) is 9.51. The number of pyridine rings is 1. The van der Waals surface area contributed by atoms with Crippen LogP contribution in [0.25, 0.3) is 10.8 Å². The summed E-state index contributed by atoms with van der Waals surface area (Å²) >= 11 is 0. The topological polar surface area (TPSA) is 86.7 Å². The van der Waals surface area contributed by atoms with Crippen molar-refractivity contribution in [2.45, 2.75) is 25.5 Å². The standard InChI is InChI=1S/C20H28N4O3.ClH/c1-21-19(25)14-27-20(26)23-9-6-15-7-10-24(11-8-15)18-13-22-12-16-4-2-3-5-17(16)18;/h2-5,12-13,15,19,21,25H,6-11,14H2,1H3,(H,23,26);1H. The molecule has 154 valence electrons. The number of hydrogen-bond donors (Lipinski definition) is 3. The number of amides is 1. The van der Waals surface area contributed by atoms with Gasteiger partial charge in [0.25, 0.3) is 0 Å². The molecule has 0 bridgehead atoms. The van der Waals surface area contributed by atoms with Crippen molar-refractivity contribution in [1.29, 1.82) is 0 Å². The molecule has 0 aliphatic carbocycles. The van der Waals surface area contributed by atoms with E-state index in [2.05, 4.69) is 38.7 Å². The summed E-state index contributed by atoms with van der Waals surface area (Å²) in [6.07, 6.45) is 5.68. The van der Waals surface area contributed by atoms with Gasteiger partial charge in [0.15, 0.2) is 0 Å². The molecule has 1 aromatic carbocycles. The number of rotatable bonds is 7. The van der Waals surface area contributed by atoms with E-state index in [1.54, 1.807) is 7.05 Å². The second kappa shape index (κ2) is 11.0. The third-order valence-electron chi connectivity index (χ3n) is 5.13. The number of fused-ring (bicyclic) bond motifs is 1. The number of anilines is 1. The Bertz CT molecular complexity index is 748. The molecular weight excluding hydrogens is 380 g/mol. The molecule has 1 fully saturated rings. The Morgan fingerprint density at radius 3 is 2.82 bits per heavy atom. The Kier molecular flexibility index (Phi) is 8.76. The van der Waals surface area contributed by atoms with Gasteiger partial charge in [-0.05, 0) is 32.2 Å². The fourth-order valence-corrected chi connectivity index (χ4v) is 3.48. The summed E-state index contributed by atoms with van der Waals surface area (Å²) in [4.78, 5) is 18.4. The van der Waals surface area contributed by atoms with Crippen LogP contribution in [0.5, 0.6) is 0 Å². The van der Waals surface area contributed by atoms with Crippen molar-refractivity contribution in [1.82, 2.24) is 15.6 Å². The van der Waals surface area contributed by atoms with Gasteiger partial charge in [-0.1, -0.05) is 24.3 Å². The van der Waals surface area contributed by atoms with Crippen LogP contribution in [-0.4, -0.2) is 55.7 Å². The van der Waals surface area contributed by atoms with E-state index in [1.165, 1.54) is 16.5 Å². The summed E-state index contributed by atoms with van der Waals surface area (Å²) in [5, 5.41) is 17.1. The molecule has 0 saturated carbocycles. The number of alkyl carbamates (subject to hydrolysis) is 1. The smallest absolute Gasteiger partial charge is 0.407 e.